The Kier molecular flexibility index (Phi) is 2.06. The summed E-state index contributed by atoms with van der Waals surface area (Å²) in [6.45, 7) is 2.42. The molecule has 0 aromatic heterocycles. The maximum absolute atomic E-state index is 12.9. The Morgan fingerprint density at radius 1 is 1.46 bits per heavy atom. The van der Waals surface area contributed by atoms with Gasteiger partial charge in [-0.25, -0.2) is 4.39 Å². The monoisotopic (exact) mass is 181 g/mol. The van der Waals surface area contributed by atoms with Crippen LogP contribution in [0.1, 0.15) is 30.2 Å². The highest BCUT2D eigenvalue weighted by Gasteiger charge is 2.22. The van der Waals surface area contributed by atoms with Crippen molar-refractivity contribution in [2.75, 3.05) is 6.61 Å². The molecular weight excluding hydrogens is 169 g/mol. The molecule has 0 aliphatic carbocycles. The Morgan fingerprint density at radius 2 is 2.23 bits per heavy atom. The minimum absolute atomic E-state index is 0.0235. The van der Waals surface area contributed by atoms with Crippen LogP contribution in [0.15, 0.2) is 18.2 Å². The van der Waals surface area contributed by atoms with Crippen LogP contribution in [0.4, 0.5) is 4.39 Å². The van der Waals surface area contributed by atoms with Crippen LogP contribution in [0.5, 0.6) is 0 Å². The topological polar surface area (TPSA) is 35.2 Å². The van der Waals surface area contributed by atoms with Gasteiger partial charge in [0.1, 0.15) is 5.82 Å². The normalized spacial score (nSPS) is 27.0. The van der Waals surface area contributed by atoms with Gasteiger partial charge in [0, 0.05) is 0 Å². The summed E-state index contributed by atoms with van der Waals surface area (Å²) in [5, 5.41) is 0. The van der Waals surface area contributed by atoms with Gasteiger partial charge in [0.25, 0.3) is 0 Å². The van der Waals surface area contributed by atoms with E-state index < -0.39 is 0 Å². The molecule has 0 radical (unpaired) electrons. The molecule has 1 aliphatic heterocycles. The molecule has 1 heterocycles. The maximum atomic E-state index is 12.9. The van der Waals surface area contributed by atoms with E-state index in [1.165, 1.54) is 12.1 Å². The van der Waals surface area contributed by atoms with E-state index in [0.717, 1.165) is 11.1 Å². The molecule has 13 heavy (non-hydrogen) atoms. The lowest BCUT2D eigenvalue weighted by Gasteiger charge is -2.27. The lowest BCUT2D eigenvalue weighted by molar-refractivity contribution is 0.0406. The van der Waals surface area contributed by atoms with Crippen molar-refractivity contribution >= 4 is 0 Å². The van der Waals surface area contributed by atoms with Crippen LogP contribution in [-0.4, -0.2) is 6.61 Å². The van der Waals surface area contributed by atoms with Crippen molar-refractivity contribution in [3.05, 3.63) is 35.1 Å². The quantitative estimate of drug-likeness (QED) is 0.663. The molecule has 2 rings (SSSR count). The van der Waals surface area contributed by atoms with E-state index in [1.54, 1.807) is 6.07 Å². The molecular formula is C10H12FNO. The Bertz CT molecular complexity index is 327. The molecule has 3 heteroatoms. The Hall–Kier alpha value is -0.930. The predicted molar refractivity (Wildman–Crippen MR) is 47.7 cm³/mol. The average Bonchev–Trinajstić information content (AvgIpc) is 2.12. The molecule has 0 unspecified atom stereocenters. The maximum Gasteiger partial charge on any atom is 0.123 e. The molecule has 70 valence electrons. The summed E-state index contributed by atoms with van der Waals surface area (Å²) >= 11 is 0. The van der Waals surface area contributed by atoms with E-state index in [4.69, 9.17) is 10.5 Å². The molecule has 2 nitrogen and oxygen atoms in total. The Balaban J connectivity index is 2.50. The van der Waals surface area contributed by atoms with Crippen LogP contribution < -0.4 is 5.73 Å². The van der Waals surface area contributed by atoms with Gasteiger partial charge in [-0.15, -0.1) is 0 Å². The minimum atomic E-state index is -0.233. The number of hydrogen-bond acceptors (Lipinski definition) is 2. The zero-order valence-electron chi connectivity index (χ0n) is 7.46. The van der Waals surface area contributed by atoms with Gasteiger partial charge in [-0.3, -0.25) is 0 Å². The van der Waals surface area contributed by atoms with Crippen molar-refractivity contribution in [2.24, 2.45) is 5.73 Å². The van der Waals surface area contributed by atoms with Gasteiger partial charge in [-0.1, -0.05) is 6.07 Å². The van der Waals surface area contributed by atoms with Crippen LogP contribution in [0, 0.1) is 5.82 Å². The summed E-state index contributed by atoms with van der Waals surface area (Å²) in [6, 6.07) is 4.49. The summed E-state index contributed by atoms with van der Waals surface area (Å²) < 4.78 is 18.3. The smallest absolute Gasteiger partial charge is 0.123 e. The van der Waals surface area contributed by atoms with E-state index in [2.05, 4.69) is 0 Å². The molecule has 0 amide bonds. The molecule has 2 N–H and O–H groups in total. The third-order valence-corrected chi connectivity index (χ3v) is 2.41. The zero-order valence-corrected chi connectivity index (χ0v) is 7.46. The summed E-state index contributed by atoms with van der Waals surface area (Å²) in [4.78, 5) is 0. The van der Waals surface area contributed by atoms with Crippen molar-refractivity contribution in [1.82, 2.24) is 0 Å². The zero-order chi connectivity index (χ0) is 9.42. The molecule has 0 bridgehead atoms. The number of hydrogen-bond donors (Lipinski definition) is 1. The second kappa shape index (κ2) is 3.09. The first-order valence-corrected chi connectivity index (χ1v) is 4.35. The van der Waals surface area contributed by atoms with Crippen LogP contribution in [-0.2, 0) is 4.74 Å². The number of fused-ring (bicyclic) bond motifs is 1. The third kappa shape index (κ3) is 1.45. The van der Waals surface area contributed by atoms with Gasteiger partial charge < -0.3 is 10.5 Å². The van der Waals surface area contributed by atoms with E-state index >= 15 is 0 Å². The van der Waals surface area contributed by atoms with Gasteiger partial charge in [-0.05, 0) is 30.2 Å². The van der Waals surface area contributed by atoms with Crippen molar-refractivity contribution in [2.45, 2.75) is 19.1 Å². The first kappa shape index (κ1) is 8.66. The molecule has 1 aromatic rings. The van der Waals surface area contributed by atoms with Gasteiger partial charge in [0.15, 0.2) is 0 Å². The van der Waals surface area contributed by atoms with Crippen molar-refractivity contribution in [3.63, 3.8) is 0 Å². The largest absolute Gasteiger partial charge is 0.372 e. The fourth-order valence-electron chi connectivity index (χ4n) is 1.66. The highest BCUT2D eigenvalue weighted by Crippen LogP contribution is 2.31. The third-order valence-electron chi connectivity index (χ3n) is 2.41. The minimum Gasteiger partial charge on any atom is -0.372 e. The predicted octanol–water partition coefficient (Wildman–Crippen LogP) is 1.92. The lowest BCUT2D eigenvalue weighted by Crippen LogP contribution is -2.25. The Labute approximate surface area is 76.5 Å². The average molecular weight is 181 g/mol. The van der Waals surface area contributed by atoms with Crippen LogP contribution in [0.25, 0.3) is 0 Å². The molecule has 1 aromatic carbocycles. The standard InChI is InChI=1S/C10H12FNO/c1-6-8-3-2-7(11)4-9(8)10(12)5-13-6/h2-4,6,10H,5,12H2,1H3/t6-,10+/m0/s1. The summed E-state index contributed by atoms with van der Waals surface area (Å²) in [6.07, 6.45) is 0.0235. The fourth-order valence-corrected chi connectivity index (χ4v) is 1.66. The number of benzene rings is 1. The second-order valence-corrected chi connectivity index (χ2v) is 3.36. The molecule has 0 fully saturated rings. The van der Waals surface area contributed by atoms with Crippen LogP contribution >= 0.6 is 0 Å². The van der Waals surface area contributed by atoms with Crippen LogP contribution in [0.2, 0.25) is 0 Å². The summed E-state index contributed by atoms with van der Waals surface area (Å²) in [5.41, 5.74) is 7.66. The van der Waals surface area contributed by atoms with E-state index in [-0.39, 0.29) is 18.0 Å². The highest BCUT2D eigenvalue weighted by molar-refractivity contribution is 5.33. The van der Waals surface area contributed by atoms with Crippen molar-refractivity contribution in [1.29, 1.82) is 0 Å². The number of rotatable bonds is 0. The lowest BCUT2D eigenvalue weighted by atomic mass is 9.95. The van der Waals surface area contributed by atoms with E-state index in [0.29, 0.717) is 6.61 Å². The highest BCUT2D eigenvalue weighted by atomic mass is 19.1. The summed E-state index contributed by atoms with van der Waals surface area (Å²) in [5.74, 6) is -0.233. The van der Waals surface area contributed by atoms with Gasteiger partial charge in [0.2, 0.25) is 0 Å². The fraction of sp³-hybridized carbons (Fsp3) is 0.400. The van der Waals surface area contributed by atoms with Gasteiger partial charge in [-0.2, -0.15) is 0 Å². The Morgan fingerprint density at radius 3 is 3.00 bits per heavy atom. The summed E-state index contributed by atoms with van der Waals surface area (Å²) in [7, 11) is 0. The number of ether oxygens (including phenoxy) is 1. The molecule has 2 atom stereocenters. The number of halogens is 1. The molecule has 0 saturated carbocycles. The first-order chi connectivity index (χ1) is 6.18. The second-order valence-electron chi connectivity index (χ2n) is 3.36. The van der Waals surface area contributed by atoms with E-state index in [9.17, 15) is 4.39 Å². The number of nitrogens with two attached hydrogens (primary N) is 1. The van der Waals surface area contributed by atoms with E-state index in [1.807, 2.05) is 6.92 Å². The first-order valence-electron chi connectivity index (χ1n) is 4.35. The molecule has 1 aliphatic rings. The molecule has 0 saturated heterocycles. The van der Waals surface area contributed by atoms with Crippen LogP contribution in [0.3, 0.4) is 0 Å². The SMILES string of the molecule is C[C@@H]1OC[C@@H](N)c2cc(F)ccc21. The van der Waals surface area contributed by atoms with Gasteiger partial charge >= 0.3 is 0 Å². The molecule has 0 spiro atoms. The van der Waals surface area contributed by atoms with Crippen molar-refractivity contribution in [3.8, 4) is 0 Å². The van der Waals surface area contributed by atoms with Crippen molar-refractivity contribution < 1.29 is 9.13 Å². The van der Waals surface area contributed by atoms with Gasteiger partial charge in [0.05, 0.1) is 18.8 Å².